The average molecular weight is 347 g/mol. The van der Waals surface area contributed by atoms with Crippen molar-refractivity contribution in [2.24, 2.45) is 0 Å². The van der Waals surface area contributed by atoms with Gasteiger partial charge in [-0.15, -0.1) is 0 Å². The SMILES string of the molecule is CCC(=O)N1C(=O)O[C@@H]2[C@H]1C1(C)c3ccccc3C2(C)c2ccccc21. The lowest BCUT2D eigenvalue weighted by Crippen LogP contribution is -2.66. The molecule has 1 aliphatic heterocycles. The van der Waals surface area contributed by atoms with Crippen molar-refractivity contribution in [1.29, 1.82) is 0 Å². The van der Waals surface area contributed by atoms with E-state index in [1.165, 1.54) is 27.2 Å². The van der Waals surface area contributed by atoms with Crippen LogP contribution in [0.4, 0.5) is 4.79 Å². The van der Waals surface area contributed by atoms with Crippen molar-refractivity contribution in [3.8, 4) is 0 Å². The second-order valence-electron chi connectivity index (χ2n) is 7.86. The van der Waals surface area contributed by atoms with E-state index in [1.54, 1.807) is 6.92 Å². The number of amides is 2. The molecule has 2 atom stereocenters. The molecule has 0 saturated carbocycles. The van der Waals surface area contributed by atoms with E-state index < -0.39 is 16.9 Å². The summed E-state index contributed by atoms with van der Waals surface area (Å²) >= 11 is 0. The highest BCUT2D eigenvalue weighted by molar-refractivity contribution is 5.95. The van der Waals surface area contributed by atoms with Crippen molar-refractivity contribution in [3.05, 3.63) is 70.8 Å². The zero-order valence-electron chi connectivity index (χ0n) is 15.2. The molecular formula is C22H21NO3. The van der Waals surface area contributed by atoms with E-state index in [1.807, 2.05) is 24.3 Å². The van der Waals surface area contributed by atoms with E-state index in [2.05, 4.69) is 38.1 Å². The van der Waals surface area contributed by atoms with Gasteiger partial charge in [0.2, 0.25) is 5.91 Å². The molecule has 3 aliphatic carbocycles. The van der Waals surface area contributed by atoms with Crippen LogP contribution < -0.4 is 0 Å². The Hall–Kier alpha value is -2.62. The van der Waals surface area contributed by atoms with Crippen LogP contribution in [-0.2, 0) is 20.4 Å². The van der Waals surface area contributed by atoms with Crippen LogP contribution >= 0.6 is 0 Å². The number of benzene rings is 2. The molecule has 0 radical (unpaired) electrons. The molecule has 0 spiro atoms. The molecule has 4 nitrogen and oxygen atoms in total. The summed E-state index contributed by atoms with van der Waals surface area (Å²) in [5, 5.41) is 0. The van der Waals surface area contributed by atoms with Gasteiger partial charge >= 0.3 is 6.09 Å². The fraction of sp³-hybridized carbons (Fsp3) is 0.364. The molecule has 2 aromatic carbocycles. The number of nitrogens with zero attached hydrogens (tertiary/aromatic N) is 1. The van der Waals surface area contributed by atoms with Gasteiger partial charge in [0, 0.05) is 11.8 Å². The zero-order valence-corrected chi connectivity index (χ0v) is 15.2. The molecule has 1 heterocycles. The predicted molar refractivity (Wildman–Crippen MR) is 97.0 cm³/mol. The third-order valence-electron chi connectivity index (χ3n) is 6.81. The van der Waals surface area contributed by atoms with Gasteiger partial charge in [0.05, 0.1) is 11.5 Å². The molecule has 0 aromatic heterocycles. The Bertz CT molecular complexity index is 916. The van der Waals surface area contributed by atoms with Crippen molar-refractivity contribution < 1.29 is 14.3 Å². The number of rotatable bonds is 1. The number of imide groups is 1. The summed E-state index contributed by atoms with van der Waals surface area (Å²) in [6, 6.07) is 16.4. The summed E-state index contributed by atoms with van der Waals surface area (Å²) in [6.45, 7) is 6.09. The van der Waals surface area contributed by atoms with Crippen molar-refractivity contribution in [2.45, 2.75) is 50.2 Å². The van der Waals surface area contributed by atoms with Crippen LogP contribution in [0.1, 0.15) is 49.4 Å². The minimum atomic E-state index is -0.509. The van der Waals surface area contributed by atoms with Crippen LogP contribution in [0.2, 0.25) is 0 Å². The van der Waals surface area contributed by atoms with Crippen LogP contribution in [0, 0.1) is 0 Å². The van der Waals surface area contributed by atoms with Crippen LogP contribution in [0.5, 0.6) is 0 Å². The number of carbonyl (C=O) groups is 2. The Labute approximate surface area is 152 Å². The summed E-state index contributed by atoms with van der Waals surface area (Å²) in [6.07, 6.45) is -0.598. The average Bonchev–Trinajstić information content (AvgIpc) is 3.04. The number of ether oxygens (including phenoxy) is 1. The molecule has 4 aliphatic rings. The second-order valence-corrected chi connectivity index (χ2v) is 7.86. The van der Waals surface area contributed by atoms with Crippen LogP contribution in [0.15, 0.2) is 48.5 Å². The molecular weight excluding hydrogens is 326 g/mol. The van der Waals surface area contributed by atoms with Gasteiger partial charge in [0.15, 0.2) is 0 Å². The molecule has 2 amide bonds. The second kappa shape index (κ2) is 4.76. The Morgan fingerprint density at radius 1 is 0.962 bits per heavy atom. The summed E-state index contributed by atoms with van der Waals surface area (Å²) in [4.78, 5) is 26.8. The van der Waals surface area contributed by atoms with E-state index in [0.717, 1.165) is 0 Å². The van der Waals surface area contributed by atoms with Crippen molar-refractivity contribution in [1.82, 2.24) is 4.90 Å². The zero-order chi connectivity index (χ0) is 18.3. The summed E-state index contributed by atoms with van der Waals surface area (Å²) < 4.78 is 5.88. The predicted octanol–water partition coefficient (Wildman–Crippen LogP) is 3.75. The highest BCUT2D eigenvalue weighted by Gasteiger charge is 2.69. The van der Waals surface area contributed by atoms with E-state index in [9.17, 15) is 9.59 Å². The highest BCUT2D eigenvalue weighted by atomic mass is 16.6. The molecule has 26 heavy (non-hydrogen) atoms. The molecule has 0 unspecified atom stereocenters. The van der Waals surface area contributed by atoms with Gasteiger partial charge in [0.1, 0.15) is 6.10 Å². The lowest BCUT2D eigenvalue weighted by atomic mass is 9.47. The molecule has 2 bridgehead atoms. The summed E-state index contributed by atoms with van der Waals surface area (Å²) in [5.41, 5.74) is 3.83. The van der Waals surface area contributed by atoms with E-state index in [-0.39, 0.29) is 24.5 Å². The number of hydrogen-bond acceptors (Lipinski definition) is 3. The molecule has 4 heteroatoms. The first-order chi connectivity index (χ1) is 12.5. The molecule has 1 saturated heterocycles. The Morgan fingerprint density at radius 3 is 1.88 bits per heavy atom. The third-order valence-corrected chi connectivity index (χ3v) is 6.81. The highest BCUT2D eigenvalue weighted by Crippen LogP contribution is 2.62. The maximum atomic E-state index is 12.7. The lowest BCUT2D eigenvalue weighted by Gasteiger charge is -2.58. The minimum absolute atomic E-state index is 0.171. The Morgan fingerprint density at radius 2 is 1.42 bits per heavy atom. The first kappa shape index (κ1) is 15.6. The van der Waals surface area contributed by atoms with E-state index in [4.69, 9.17) is 4.74 Å². The van der Waals surface area contributed by atoms with Gasteiger partial charge in [0.25, 0.3) is 0 Å². The number of hydrogen-bond donors (Lipinski definition) is 0. The lowest BCUT2D eigenvalue weighted by molar-refractivity contribution is -0.130. The smallest absolute Gasteiger partial charge is 0.417 e. The fourth-order valence-corrected chi connectivity index (χ4v) is 5.59. The largest absolute Gasteiger partial charge is 0.442 e. The standard InChI is InChI=1S/C22H21NO3/c1-4-17(24)23-18-19(26-20(23)25)22(3)15-11-7-5-9-13(15)21(18,2)14-10-6-8-12-16(14)22/h5-12,18-19H,4H2,1-3H3/t18-,19+,21?,22?/m0/s1. The van der Waals surface area contributed by atoms with Crippen LogP contribution in [0.3, 0.4) is 0 Å². The van der Waals surface area contributed by atoms with Gasteiger partial charge < -0.3 is 4.74 Å². The molecule has 2 aromatic rings. The van der Waals surface area contributed by atoms with Crippen molar-refractivity contribution in [2.75, 3.05) is 0 Å². The first-order valence-corrected chi connectivity index (χ1v) is 9.18. The Balaban J connectivity index is 1.89. The van der Waals surface area contributed by atoms with Crippen LogP contribution in [0.25, 0.3) is 0 Å². The maximum absolute atomic E-state index is 12.7. The first-order valence-electron chi connectivity index (χ1n) is 9.18. The van der Waals surface area contributed by atoms with E-state index >= 15 is 0 Å². The normalized spacial score (nSPS) is 33.3. The fourth-order valence-electron chi connectivity index (χ4n) is 5.59. The quantitative estimate of drug-likeness (QED) is 0.789. The van der Waals surface area contributed by atoms with Crippen LogP contribution in [-0.4, -0.2) is 29.0 Å². The van der Waals surface area contributed by atoms with Gasteiger partial charge in [-0.3, -0.25) is 4.79 Å². The minimum Gasteiger partial charge on any atom is -0.442 e. The topological polar surface area (TPSA) is 46.6 Å². The molecule has 6 rings (SSSR count). The Kier molecular flexibility index (Phi) is 2.86. The van der Waals surface area contributed by atoms with Gasteiger partial charge in [-0.1, -0.05) is 55.5 Å². The monoisotopic (exact) mass is 347 g/mol. The molecule has 0 N–H and O–H groups in total. The maximum Gasteiger partial charge on any atom is 0.417 e. The van der Waals surface area contributed by atoms with Gasteiger partial charge in [-0.2, -0.15) is 0 Å². The summed E-state index contributed by atoms with van der Waals surface area (Å²) in [5.74, 6) is -0.171. The van der Waals surface area contributed by atoms with Gasteiger partial charge in [-0.05, 0) is 36.1 Å². The summed E-state index contributed by atoms with van der Waals surface area (Å²) in [7, 11) is 0. The van der Waals surface area contributed by atoms with Crippen molar-refractivity contribution in [3.63, 3.8) is 0 Å². The van der Waals surface area contributed by atoms with Crippen molar-refractivity contribution >= 4 is 12.0 Å². The van der Waals surface area contributed by atoms with E-state index in [0.29, 0.717) is 0 Å². The third kappa shape index (κ3) is 1.48. The molecule has 132 valence electrons. The molecule has 1 fully saturated rings. The van der Waals surface area contributed by atoms with Gasteiger partial charge in [-0.25, -0.2) is 9.69 Å². The number of carbonyl (C=O) groups excluding carboxylic acids is 2.